The molecule has 0 aliphatic carbocycles. The molecule has 0 spiro atoms. The highest BCUT2D eigenvalue weighted by atomic mass is 35.5. The van der Waals surface area contributed by atoms with Crippen molar-refractivity contribution in [3.8, 4) is 11.3 Å². The Kier molecular flexibility index (Phi) is 4.51. The van der Waals surface area contributed by atoms with Crippen molar-refractivity contribution < 1.29 is 8.42 Å². The van der Waals surface area contributed by atoms with E-state index in [9.17, 15) is 8.42 Å². The molecule has 2 aromatic carbocycles. The zero-order valence-electron chi connectivity index (χ0n) is 12.8. The number of hydrogen-bond acceptors (Lipinski definition) is 5. The lowest BCUT2D eigenvalue weighted by molar-refractivity contribution is 0.593. The van der Waals surface area contributed by atoms with Crippen LogP contribution in [0.3, 0.4) is 0 Å². The molecule has 0 unspecified atom stereocenters. The molecule has 0 radical (unpaired) electrons. The summed E-state index contributed by atoms with van der Waals surface area (Å²) in [5, 5.41) is 3.47. The molecular weight excluding hydrogens is 346 g/mol. The van der Waals surface area contributed by atoms with E-state index < -0.39 is 9.84 Å². The van der Waals surface area contributed by atoms with Gasteiger partial charge in [-0.3, -0.25) is 0 Å². The summed E-state index contributed by atoms with van der Waals surface area (Å²) >= 11 is 5.87. The van der Waals surface area contributed by atoms with Crippen molar-refractivity contribution in [3.63, 3.8) is 0 Å². The van der Waals surface area contributed by atoms with Crippen LogP contribution in [0.2, 0.25) is 5.02 Å². The summed E-state index contributed by atoms with van der Waals surface area (Å²) in [6.45, 7) is 0. The van der Waals surface area contributed by atoms with E-state index in [2.05, 4.69) is 15.3 Å². The summed E-state index contributed by atoms with van der Waals surface area (Å²) < 4.78 is 23.8. The average molecular weight is 360 g/mol. The standard InChI is InChI=1S/C17H14ClN3O2S/c1-24(22,23)17-20-15(12-5-3-2-4-6-12)11-16(21-17)19-14-9-7-13(18)8-10-14/h2-11H,1H3,(H,19,20,21). The summed E-state index contributed by atoms with van der Waals surface area (Å²) in [5.41, 5.74) is 2.09. The van der Waals surface area contributed by atoms with Crippen LogP contribution in [0.1, 0.15) is 0 Å². The molecule has 0 atom stereocenters. The number of sulfone groups is 1. The summed E-state index contributed by atoms with van der Waals surface area (Å²) in [7, 11) is -3.54. The Labute approximate surface area is 145 Å². The lowest BCUT2D eigenvalue weighted by Crippen LogP contribution is -2.07. The normalized spacial score (nSPS) is 11.2. The highest BCUT2D eigenvalue weighted by Gasteiger charge is 2.15. The van der Waals surface area contributed by atoms with Crippen LogP contribution < -0.4 is 5.32 Å². The molecule has 1 N–H and O–H groups in total. The number of halogens is 1. The predicted molar refractivity (Wildman–Crippen MR) is 95.3 cm³/mol. The monoisotopic (exact) mass is 359 g/mol. The fourth-order valence-corrected chi connectivity index (χ4v) is 2.75. The van der Waals surface area contributed by atoms with Gasteiger partial charge in [-0.1, -0.05) is 41.9 Å². The molecule has 0 saturated heterocycles. The summed E-state index contributed by atoms with van der Waals surface area (Å²) in [5.74, 6) is 0.395. The second kappa shape index (κ2) is 6.59. The number of hydrogen-bond donors (Lipinski definition) is 1. The topological polar surface area (TPSA) is 72.0 Å². The minimum Gasteiger partial charge on any atom is -0.340 e. The summed E-state index contributed by atoms with van der Waals surface area (Å²) in [6, 6.07) is 18.1. The van der Waals surface area contributed by atoms with Crippen molar-refractivity contribution in [2.24, 2.45) is 0 Å². The third kappa shape index (κ3) is 3.90. The molecule has 7 heteroatoms. The van der Waals surface area contributed by atoms with E-state index >= 15 is 0 Å². The van der Waals surface area contributed by atoms with Gasteiger partial charge in [0.25, 0.3) is 0 Å². The SMILES string of the molecule is CS(=O)(=O)c1nc(Nc2ccc(Cl)cc2)cc(-c2ccccc2)n1. The van der Waals surface area contributed by atoms with E-state index in [0.717, 1.165) is 17.5 Å². The molecule has 0 amide bonds. The first-order valence-corrected chi connectivity index (χ1v) is 9.36. The number of nitrogens with zero attached hydrogens (tertiary/aromatic N) is 2. The zero-order valence-corrected chi connectivity index (χ0v) is 14.3. The van der Waals surface area contributed by atoms with Gasteiger partial charge in [0.15, 0.2) is 0 Å². The van der Waals surface area contributed by atoms with E-state index in [-0.39, 0.29) is 5.16 Å². The fraction of sp³-hybridized carbons (Fsp3) is 0.0588. The Morgan fingerprint density at radius 2 is 1.62 bits per heavy atom. The Morgan fingerprint density at radius 1 is 0.958 bits per heavy atom. The first-order chi connectivity index (χ1) is 11.4. The Morgan fingerprint density at radius 3 is 2.25 bits per heavy atom. The van der Waals surface area contributed by atoms with Crippen molar-refractivity contribution in [2.45, 2.75) is 5.16 Å². The maximum atomic E-state index is 11.9. The average Bonchev–Trinajstić information content (AvgIpc) is 2.57. The van der Waals surface area contributed by atoms with Crippen molar-refractivity contribution in [1.82, 2.24) is 9.97 Å². The van der Waals surface area contributed by atoms with E-state index in [1.54, 1.807) is 30.3 Å². The number of nitrogens with one attached hydrogen (secondary N) is 1. The highest BCUT2D eigenvalue weighted by Crippen LogP contribution is 2.24. The van der Waals surface area contributed by atoms with Crippen molar-refractivity contribution in [1.29, 1.82) is 0 Å². The molecule has 1 aromatic heterocycles. The van der Waals surface area contributed by atoms with Gasteiger partial charge in [-0.05, 0) is 24.3 Å². The molecule has 0 aliphatic heterocycles. The molecule has 1 heterocycles. The largest absolute Gasteiger partial charge is 0.340 e. The first kappa shape index (κ1) is 16.4. The third-order valence-electron chi connectivity index (χ3n) is 3.22. The summed E-state index contributed by atoms with van der Waals surface area (Å²) in [4.78, 5) is 8.28. The van der Waals surface area contributed by atoms with Crippen LogP contribution in [0.25, 0.3) is 11.3 Å². The lowest BCUT2D eigenvalue weighted by atomic mass is 10.1. The van der Waals surface area contributed by atoms with Gasteiger partial charge < -0.3 is 5.32 Å². The Hall–Kier alpha value is -2.44. The smallest absolute Gasteiger partial charge is 0.249 e. The highest BCUT2D eigenvalue weighted by molar-refractivity contribution is 7.90. The van der Waals surface area contributed by atoms with Crippen molar-refractivity contribution >= 4 is 32.9 Å². The number of rotatable bonds is 4. The van der Waals surface area contributed by atoms with Gasteiger partial charge in [0.05, 0.1) is 5.69 Å². The van der Waals surface area contributed by atoms with Gasteiger partial charge in [0.1, 0.15) is 5.82 Å². The minimum atomic E-state index is -3.54. The molecular formula is C17H14ClN3O2S. The number of anilines is 2. The van der Waals surface area contributed by atoms with Crippen LogP contribution in [0.15, 0.2) is 65.8 Å². The maximum Gasteiger partial charge on any atom is 0.249 e. The Balaban J connectivity index is 2.06. The first-order valence-electron chi connectivity index (χ1n) is 7.09. The molecule has 24 heavy (non-hydrogen) atoms. The van der Waals surface area contributed by atoms with E-state index in [4.69, 9.17) is 11.6 Å². The fourth-order valence-electron chi connectivity index (χ4n) is 2.09. The van der Waals surface area contributed by atoms with Crippen molar-refractivity contribution in [2.75, 3.05) is 11.6 Å². The van der Waals surface area contributed by atoms with Crippen LogP contribution in [0.5, 0.6) is 0 Å². The van der Waals surface area contributed by atoms with Gasteiger partial charge >= 0.3 is 0 Å². The molecule has 0 bridgehead atoms. The van der Waals surface area contributed by atoms with E-state index in [0.29, 0.717) is 16.5 Å². The van der Waals surface area contributed by atoms with E-state index in [1.165, 1.54) is 0 Å². The number of benzene rings is 2. The zero-order chi connectivity index (χ0) is 17.2. The molecule has 0 aliphatic rings. The third-order valence-corrected chi connectivity index (χ3v) is 4.32. The quantitative estimate of drug-likeness (QED) is 0.714. The van der Waals surface area contributed by atoms with Crippen LogP contribution in [0, 0.1) is 0 Å². The molecule has 5 nitrogen and oxygen atoms in total. The molecule has 3 aromatic rings. The van der Waals surface area contributed by atoms with Gasteiger partial charge in [-0.15, -0.1) is 0 Å². The second-order valence-corrected chi connectivity index (χ2v) is 7.54. The van der Waals surface area contributed by atoms with Crippen LogP contribution in [-0.2, 0) is 9.84 Å². The van der Waals surface area contributed by atoms with Crippen LogP contribution in [0.4, 0.5) is 11.5 Å². The van der Waals surface area contributed by atoms with Crippen LogP contribution >= 0.6 is 11.6 Å². The van der Waals surface area contributed by atoms with Crippen LogP contribution in [-0.4, -0.2) is 24.6 Å². The predicted octanol–water partition coefficient (Wildman–Crippen LogP) is 3.94. The minimum absolute atomic E-state index is 0.222. The maximum absolute atomic E-state index is 11.9. The molecule has 0 saturated carbocycles. The molecule has 122 valence electrons. The molecule has 3 rings (SSSR count). The van der Waals surface area contributed by atoms with Gasteiger partial charge in [0.2, 0.25) is 15.0 Å². The second-order valence-electron chi connectivity index (χ2n) is 5.19. The lowest BCUT2D eigenvalue weighted by Gasteiger charge is -2.09. The van der Waals surface area contributed by atoms with Gasteiger partial charge in [-0.2, -0.15) is 0 Å². The van der Waals surface area contributed by atoms with Crippen molar-refractivity contribution in [3.05, 3.63) is 65.7 Å². The Bertz CT molecular complexity index is 959. The van der Waals surface area contributed by atoms with Gasteiger partial charge in [0, 0.05) is 28.6 Å². The van der Waals surface area contributed by atoms with E-state index in [1.807, 2.05) is 30.3 Å². The van der Waals surface area contributed by atoms with Gasteiger partial charge in [-0.25, -0.2) is 18.4 Å². The number of aromatic nitrogens is 2. The molecule has 0 fully saturated rings. The summed E-state index contributed by atoms with van der Waals surface area (Å²) in [6.07, 6.45) is 1.09.